The van der Waals surface area contributed by atoms with E-state index in [1.165, 1.54) is 29.7 Å². The van der Waals surface area contributed by atoms with Crippen LogP contribution in [0.15, 0.2) is 41.9 Å². The zero-order valence-corrected chi connectivity index (χ0v) is 12.6. The summed E-state index contributed by atoms with van der Waals surface area (Å²) >= 11 is 7.12. The van der Waals surface area contributed by atoms with Gasteiger partial charge in [0, 0.05) is 17.1 Å². The first kappa shape index (κ1) is 14.6. The van der Waals surface area contributed by atoms with E-state index in [0.717, 1.165) is 5.56 Å². The normalized spacial score (nSPS) is 11.9. The molecule has 0 saturated carbocycles. The molecule has 2 aromatic heterocycles. The molecule has 0 saturated heterocycles. The second-order valence-electron chi connectivity index (χ2n) is 4.39. The minimum atomic E-state index is -0.611. The summed E-state index contributed by atoms with van der Waals surface area (Å²) in [6, 6.07) is 9.86. The molecule has 0 fully saturated rings. The van der Waals surface area contributed by atoms with Crippen LogP contribution in [0.2, 0.25) is 5.28 Å². The number of thiazole rings is 1. The van der Waals surface area contributed by atoms with Crippen LogP contribution in [0.1, 0.15) is 16.6 Å². The van der Waals surface area contributed by atoms with Crippen LogP contribution in [0.5, 0.6) is 0 Å². The van der Waals surface area contributed by atoms with Gasteiger partial charge >= 0.3 is 0 Å². The summed E-state index contributed by atoms with van der Waals surface area (Å²) in [5, 5.41) is 11.9. The molecule has 2 heterocycles. The van der Waals surface area contributed by atoms with E-state index in [1.54, 1.807) is 18.2 Å². The predicted molar refractivity (Wildman–Crippen MR) is 82.0 cm³/mol. The van der Waals surface area contributed by atoms with Gasteiger partial charge in [-0.2, -0.15) is 5.26 Å². The van der Waals surface area contributed by atoms with Gasteiger partial charge in [-0.25, -0.2) is 19.3 Å². The van der Waals surface area contributed by atoms with Gasteiger partial charge in [-0.15, -0.1) is 11.3 Å². The molecular weight excluding hydrogens is 323 g/mol. The molecule has 3 aromatic rings. The minimum Gasteiger partial charge on any atom is -0.239 e. The van der Waals surface area contributed by atoms with E-state index in [-0.39, 0.29) is 11.1 Å². The van der Waals surface area contributed by atoms with Crippen molar-refractivity contribution < 1.29 is 4.39 Å². The van der Waals surface area contributed by atoms with E-state index >= 15 is 0 Å². The Balaban J connectivity index is 1.95. The highest BCUT2D eigenvalue weighted by molar-refractivity contribution is 7.10. The zero-order chi connectivity index (χ0) is 15.5. The van der Waals surface area contributed by atoms with Crippen molar-refractivity contribution in [1.29, 1.82) is 5.26 Å². The number of aromatic nitrogens is 3. The lowest BCUT2D eigenvalue weighted by atomic mass is 10.1. The average molecular weight is 331 g/mol. The molecule has 0 radical (unpaired) electrons. The van der Waals surface area contributed by atoms with Crippen molar-refractivity contribution in [3.05, 3.63) is 63.7 Å². The number of nitriles is 1. The lowest BCUT2D eigenvalue weighted by molar-refractivity contribution is 0.628. The van der Waals surface area contributed by atoms with E-state index in [4.69, 9.17) is 11.6 Å². The quantitative estimate of drug-likeness (QED) is 0.680. The third-order valence-corrected chi connectivity index (χ3v) is 4.07. The van der Waals surface area contributed by atoms with Crippen molar-refractivity contribution in [2.24, 2.45) is 0 Å². The van der Waals surface area contributed by atoms with Gasteiger partial charge in [0.15, 0.2) is 0 Å². The van der Waals surface area contributed by atoms with Crippen LogP contribution in [0, 0.1) is 17.1 Å². The Bertz CT molecular complexity index is 841. The first-order valence-electron chi connectivity index (χ1n) is 6.27. The van der Waals surface area contributed by atoms with Gasteiger partial charge in [0.2, 0.25) is 5.28 Å². The molecule has 0 aliphatic rings. The molecule has 1 unspecified atom stereocenters. The number of rotatable bonds is 3. The number of hydrogen-bond acceptors (Lipinski definition) is 5. The van der Waals surface area contributed by atoms with Gasteiger partial charge in [-0.05, 0) is 41.9 Å². The summed E-state index contributed by atoms with van der Waals surface area (Å²) in [4.78, 5) is 12.3. The van der Waals surface area contributed by atoms with E-state index in [2.05, 4.69) is 21.0 Å². The third-order valence-electron chi connectivity index (χ3n) is 2.98. The number of benzene rings is 1. The van der Waals surface area contributed by atoms with Crippen molar-refractivity contribution in [3.8, 4) is 17.3 Å². The van der Waals surface area contributed by atoms with Crippen LogP contribution in [-0.4, -0.2) is 15.0 Å². The van der Waals surface area contributed by atoms with Crippen molar-refractivity contribution >= 4 is 22.9 Å². The highest BCUT2D eigenvalue weighted by atomic mass is 35.5. The second kappa shape index (κ2) is 6.18. The minimum absolute atomic E-state index is 0.0908. The molecular formula is C15H8ClFN4S. The number of nitrogens with zero attached hydrogens (tertiary/aromatic N) is 4. The lowest BCUT2D eigenvalue weighted by Crippen LogP contribution is -2.01. The SMILES string of the molecule is N#CC(c1ccnc(Cl)n1)c1nc(-c2ccc(F)cc2)cs1. The van der Waals surface area contributed by atoms with Crippen LogP contribution in [0.4, 0.5) is 4.39 Å². The largest absolute Gasteiger partial charge is 0.239 e. The molecule has 1 atom stereocenters. The maximum absolute atomic E-state index is 13.0. The van der Waals surface area contributed by atoms with Crippen molar-refractivity contribution in [2.45, 2.75) is 5.92 Å². The fourth-order valence-corrected chi connectivity index (χ4v) is 2.97. The summed E-state index contributed by atoms with van der Waals surface area (Å²) < 4.78 is 13.0. The fourth-order valence-electron chi connectivity index (χ4n) is 1.93. The average Bonchev–Trinajstić information content (AvgIpc) is 2.98. The smallest absolute Gasteiger partial charge is 0.222 e. The maximum Gasteiger partial charge on any atom is 0.222 e. The molecule has 22 heavy (non-hydrogen) atoms. The molecule has 1 aromatic carbocycles. The van der Waals surface area contributed by atoms with E-state index in [9.17, 15) is 9.65 Å². The highest BCUT2D eigenvalue weighted by Crippen LogP contribution is 2.29. The summed E-state index contributed by atoms with van der Waals surface area (Å²) in [6.07, 6.45) is 1.50. The Hall–Kier alpha value is -2.36. The van der Waals surface area contributed by atoms with Gasteiger partial charge in [-0.1, -0.05) is 0 Å². The van der Waals surface area contributed by atoms with Gasteiger partial charge in [0.25, 0.3) is 0 Å². The summed E-state index contributed by atoms with van der Waals surface area (Å²) in [7, 11) is 0. The topological polar surface area (TPSA) is 62.5 Å². The maximum atomic E-state index is 13.0. The Morgan fingerprint density at radius 3 is 2.64 bits per heavy atom. The van der Waals surface area contributed by atoms with Crippen LogP contribution in [-0.2, 0) is 0 Å². The number of halogens is 2. The Morgan fingerprint density at radius 1 is 1.18 bits per heavy atom. The molecule has 108 valence electrons. The van der Waals surface area contributed by atoms with Crippen LogP contribution < -0.4 is 0 Å². The van der Waals surface area contributed by atoms with Crippen molar-refractivity contribution in [2.75, 3.05) is 0 Å². The standard InChI is InChI=1S/C15H8ClFN4S/c16-15-19-6-5-12(21-15)11(7-18)14-20-13(8-22-14)9-1-3-10(17)4-2-9/h1-6,8,11H. The third kappa shape index (κ3) is 2.96. The molecule has 0 aliphatic heterocycles. The highest BCUT2D eigenvalue weighted by Gasteiger charge is 2.19. The molecule has 0 aliphatic carbocycles. The van der Waals surface area contributed by atoms with Gasteiger partial charge < -0.3 is 0 Å². The van der Waals surface area contributed by atoms with Gasteiger partial charge in [0.1, 0.15) is 16.7 Å². The lowest BCUT2D eigenvalue weighted by Gasteiger charge is -2.04. The molecule has 4 nitrogen and oxygen atoms in total. The van der Waals surface area contributed by atoms with Crippen LogP contribution in [0.25, 0.3) is 11.3 Å². The number of hydrogen-bond donors (Lipinski definition) is 0. The zero-order valence-electron chi connectivity index (χ0n) is 11.1. The van der Waals surface area contributed by atoms with Gasteiger partial charge in [0.05, 0.1) is 17.5 Å². The van der Waals surface area contributed by atoms with E-state index in [1.807, 2.05) is 5.38 Å². The van der Waals surface area contributed by atoms with Crippen LogP contribution in [0.3, 0.4) is 0 Å². The van der Waals surface area contributed by atoms with Crippen molar-refractivity contribution in [3.63, 3.8) is 0 Å². The summed E-state index contributed by atoms with van der Waals surface area (Å²) in [6.45, 7) is 0. The Labute approximate surface area is 134 Å². The molecule has 0 spiro atoms. The molecule has 0 amide bonds. The molecule has 0 bridgehead atoms. The van der Waals surface area contributed by atoms with Crippen LogP contribution >= 0.6 is 22.9 Å². The summed E-state index contributed by atoms with van der Waals surface area (Å²) in [5.74, 6) is -0.913. The van der Waals surface area contributed by atoms with Crippen molar-refractivity contribution in [1.82, 2.24) is 15.0 Å². The first-order valence-corrected chi connectivity index (χ1v) is 7.52. The Morgan fingerprint density at radius 2 is 1.95 bits per heavy atom. The second-order valence-corrected chi connectivity index (χ2v) is 5.62. The predicted octanol–water partition coefficient (Wildman–Crippen LogP) is 4.05. The first-order chi connectivity index (χ1) is 10.7. The summed E-state index contributed by atoms with van der Waals surface area (Å²) in [5.41, 5.74) is 1.99. The molecule has 3 rings (SSSR count). The monoisotopic (exact) mass is 330 g/mol. The van der Waals surface area contributed by atoms with E-state index in [0.29, 0.717) is 16.4 Å². The van der Waals surface area contributed by atoms with E-state index < -0.39 is 5.92 Å². The fraction of sp³-hybridized carbons (Fsp3) is 0.0667. The van der Waals surface area contributed by atoms with Gasteiger partial charge in [-0.3, -0.25) is 0 Å². The molecule has 0 N–H and O–H groups in total. The Kier molecular flexibility index (Phi) is 4.09. The molecule has 7 heteroatoms.